The predicted molar refractivity (Wildman–Crippen MR) is 336 cm³/mol. The molecule has 0 amide bonds. The normalized spacial score (nSPS) is 23.9. The first-order valence-corrected chi connectivity index (χ1v) is 30.3. The summed E-state index contributed by atoms with van der Waals surface area (Å²) in [5.74, 6) is -2.97. The van der Waals surface area contributed by atoms with Crippen LogP contribution >= 0.6 is 0 Å². The molecule has 1 rings (SSSR count). The van der Waals surface area contributed by atoms with Crippen LogP contribution < -0.4 is 5.73 Å². The molecule has 1 heterocycles. The fourth-order valence-corrected chi connectivity index (χ4v) is 9.03. The fraction of sp³-hybridized carbons (Fsp3) is 0.582. The van der Waals surface area contributed by atoms with Gasteiger partial charge >= 0.3 is 5.97 Å². The number of Topliss-reactive ketones (excluding diaryl/α,β-unsaturated/α-hetero) is 1. The SMILES string of the molecule is CC1OC(O[C@@H](CC=CC=CC=CC=CC=C[C@@H](O)[C@H](C)[C@@H](O)[C@@H](C)C=CCCC=CC=CC=CC=CC(=O)O)[C@@H](C)C(=O)C[C@H](O)C[C@H](O)C[C@H](O)C=CC[C@@H](O)C[C@H](O)C[C@@H](O)C[C@H](O)C=CC[C@H](O)C=CC[C@H](O)CCCN)C(O)C(O)C1O. The third kappa shape index (κ3) is 39.0. The van der Waals surface area contributed by atoms with Gasteiger partial charge in [-0.3, -0.25) is 4.79 Å². The van der Waals surface area contributed by atoms with E-state index in [1.54, 1.807) is 111 Å². The first-order valence-electron chi connectivity index (χ1n) is 30.3. The molecule has 0 spiro atoms. The molecule has 0 bridgehead atoms. The Morgan fingerprint density at radius 3 is 1.60 bits per heavy atom. The maximum Gasteiger partial charge on any atom is 0.328 e. The van der Waals surface area contributed by atoms with Crippen LogP contribution in [-0.2, 0) is 19.1 Å². The summed E-state index contributed by atoms with van der Waals surface area (Å²) in [6, 6.07) is 0. The van der Waals surface area contributed by atoms with E-state index in [0.717, 1.165) is 18.9 Å². The van der Waals surface area contributed by atoms with Crippen LogP contribution in [-0.4, -0.2) is 199 Å². The van der Waals surface area contributed by atoms with Crippen LogP contribution in [0.4, 0.5) is 0 Å². The van der Waals surface area contributed by atoms with E-state index >= 15 is 0 Å². The smallest absolute Gasteiger partial charge is 0.328 e. The number of carboxylic acids is 1. The number of aliphatic hydroxyl groups excluding tert-OH is 14. The molecule has 0 aromatic heterocycles. The predicted octanol–water partition coefficient (Wildman–Crippen LogP) is 4.38. The number of allylic oxidation sites excluding steroid dienone is 16. The number of ether oxygens (including phenoxy) is 2. The molecule has 0 aromatic rings. The molecule has 1 aliphatic rings. The van der Waals surface area contributed by atoms with Crippen LogP contribution in [0, 0.1) is 17.8 Å². The van der Waals surface area contributed by atoms with Crippen LogP contribution in [0.1, 0.15) is 118 Å². The van der Waals surface area contributed by atoms with Gasteiger partial charge in [-0.1, -0.05) is 173 Å². The van der Waals surface area contributed by atoms with Crippen LogP contribution in [0.5, 0.6) is 0 Å². The minimum absolute atomic E-state index is 0.0243. The molecule has 20 heteroatoms. The highest BCUT2D eigenvalue weighted by atomic mass is 16.7. The van der Waals surface area contributed by atoms with Crippen molar-refractivity contribution in [2.75, 3.05) is 6.54 Å². The average Bonchev–Trinajstić information content (AvgIpc) is 3.66. The van der Waals surface area contributed by atoms with E-state index in [1.807, 2.05) is 37.3 Å². The number of aliphatic carboxylic acids is 1. The van der Waals surface area contributed by atoms with Gasteiger partial charge in [0.1, 0.15) is 24.1 Å². The molecule has 1 saturated heterocycles. The van der Waals surface area contributed by atoms with Crippen molar-refractivity contribution >= 4 is 11.8 Å². The Balaban J connectivity index is 2.68. The lowest BCUT2D eigenvalue weighted by Crippen LogP contribution is -2.58. The van der Waals surface area contributed by atoms with Crippen LogP contribution in [0.2, 0.25) is 0 Å². The van der Waals surface area contributed by atoms with Gasteiger partial charge in [0.15, 0.2) is 6.29 Å². The van der Waals surface area contributed by atoms with E-state index in [1.165, 1.54) is 31.2 Å². The zero-order valence-corrected chi connectivity index (χ0v) is 51.1. The van der Waals surface area contributed by atoms with Crippen molar-refractivity contribution in [2.24, 2.45) is 23.5 Å². The third-order valence-corrected chi connectivity index (χ3v) is 14.4. The Hall–Kier alpha value is -4.92. The maximum atomic E-state index is 13.6. The Labute approximate surface area is 515 Å². The topological polar surface area (TPSA) is 382 Å². The highest BCUT2D eigenvalue weighted by molar-refractivity contribution is 5.81. The molecule has 1 aliphatic heterocycles. The molecule has 492 valence electrons. The summed E-state index contributed by atoms with van der Waals surface area (Å²) < 4.78 is 11.7. The second kappa shape index (κ2) is 48.0. The molecular formula is C67H105NO19. The largest absolute Gasteiger partial charge is 0.478 e. The second-order valence-electron chi connectivity index (χ2n) is 22.3. The van der Waals surface area contributed by atoms with Crippen molar-refractivity contribution in [1.82, 2.24) is 0 Å². The van der Waals surface area contributed by atoms with Gasteiger partial charge in [0, 0.05) is 43.1 Å². The number of rotatable bonds is 46. The average molecular weight is 1230 g/mol. The fourth-order valence-electron chi connectivity index (χ4n) is 9.03. The number of carboxylic acid groups (broad SMARTS) is 1. The van der Waals surface area contributed by atoms with Gasteiger partial charge in [0.05, 0.1) is 79.4 Å². The lowest BCUT2D eigenvalue weighted by molar-refractivity contribution is -0.306. The lowest BCUT2D eigenvalue weighted by atomic mass is 9.88. The minimum atomic E-state index is -1.64. The first kappa shape index (κ1) is 80.1. The van der Waals surface area contributed by atoms with Gasteiger partial charge in [-0.05, 0) is 84.1 Å². The molecule has 1 fully saturated rings. The zero-order chi connectivity index (χ0) is 65.1. The number of carbonyl (C=O) groups excluding carboxylic acids is 1. The zero-order valence-electron chi connectivity index (χ0n) is 51.1. The Morgan fingerprint density at radius 2 is 1.00 bits per heavy atom. The second-order valence-corrected chi connectivity index (χ2v) is 22.3. The number of hydrogen-bond donors (Lipinski definition) is 16. The van der Waals surface area contributed by atoms with E-state index in [2.05, 4.69) is 0 Å². The number of carbonyl (C=O) groups is 2. The van der Waals surface area contributed by atoms with E-state index in [-0.39, 0.29) is 57.3 Å². The number of hydrogen-bond acceptors (Lipinski definition) is 19. The van der Waals surface area contributed by atoms with Crippen molar-refractivity contribution in [3.8, 4) is 0 Å². The van der Waals surface area contributed by atoms with Crippen molar-refractivity contribution in [3.63, 3.8) is 0 Å². The summed E-state index contributed by atoms with van der Waals surface area (Å²) in [6.45, 7) is 7.22. The summed E-state index contributed by atoms with van der Waals surface area (Å²) in [6.07, 6.45) is 27.0. The van der Waals surface area contributed by atoms with Gasteiger partial charge in [-0.25, -0.2) is 4.79 Å². The quantitative estimate of drug-likeness (QED) is 0.0174. The molecule has 0 saturated carbocycles. The van der Waals surface area contributed by atoms with E-state index < -0.39 is 134 Å². The van der Waals surface area contributed by atoms with E-state index in [4.69, 9.17) is 20.3 Å². The summed E-state index contributed by atoms with van der Waals surface area (Å²) in [5, 5.41) is 155. The molecule has 5 unspecified atom stereocenters. The summed E-state index contributed by atoms with van der Waals surface area (Å²) in [4.78, 5) is 24.0. The maximum absolute atomic E-state index is 13.6. The Kier molecular flexibility index (Phi) is 44.2. The van der Waals surface area contributed by atoms with Crippen molar-refractivity contribution < 1.29 is 95.7 Å². The summed E-state index contributed by atoms with van der Waals surface area (Å²) in [5.41, 5.74) is 5.44. The number of nitrogens with two attached hydrogens (primary N) is 1. The van der Waals surface area contributed by atoms with Gasteiger partial charge in [-0.2, -0.15) is 0 Å². The van der Waals surface area contributed by atoms with Gasteiger partial charge in [-0.15, -0.1) is 0 Å². The highest BCUT2D eigenvalue weighted by Crippen LogP contribution is 2.27. The summed E-state index contributed by atoms with van der Waals surface area (Å²) in [7, 11) is 0. The molecule has 0 radical (unpaired) electrons. The lowest BCUT2D eigenvalue weighted by Gasteiger charge is -2.41. The molecular weight excluding hydrogens is 1120 g/mol. The summed E-state index contributed by atoms with van der Waals surface area (Å²) >= 11 is 0. The van der Waals surface area contributed by atoms with Crippen molar-refractivity contribution in [3.05, 3.63) is 158 Å². The van der Waals surface area contributed by atoms with Crippen LogP contribution in [0.3, 0.4) is 0 Å². The van der Waals surface area contributed by atoms with E-state index in [0.29, 0.717) is 25.8 Å². The molecule has 87 heavy (non-hydrogen) atoms. The highest BCUT2D eigenvalue weighted by Gasteiger charge is 2.44. The minimum Gasteiger partial charge on any atom is -0.478 e. The number of ketones is 1. The van der Waals surface area contributed by atoms with Gasteiger partial charge in [0.2, 0.25) is 0 Å². The third-order valence-electron chi connectivity index (χ3n) is 14.4. The molecule has 0 aromatic carbocycles. The van der Waals surface area contributed by atoms with E-state index in [9.17, 15) is 81.1 Å². The van der Waals surface area contributed by atoms with Crippen LogP contribution in [0.15, 0.2) is 158 Å². The van der Waals surface area contributed by atoms with Crippen molar-refractivity contribution in [1.29, 1.82) is 0 Å². The van der Waals surface area contributed by atoms with Gasteiger partial charge < -0.3 is 91.8 Å². The Morgan fingerprint density at radius 1 is 0.506 bits per heavy atom. The van der Waals surface area contributed by atoms with Crippen LogP contribution in [0.25, 0.3) is 0 Å². The number of aliphatic hydroxyl groups is 14. The number of unbranched alkanes of at least 4 members (excludes halogenated alkanes) is 1. The van der Waals surface area contributed by atoms with Gasteiger partial charge in [0.25, 0.3) is 0 Å². The standard InChI is InChI=1S/C67H105NO19/c1-46(28-20-16-12-8-5-6-11-15-19-23-38-62(80)81)63(82)48(3)59(78)36-21-17-13-9-7-10-14-18-22-37-61(87-67-66(85)65(84)64(83)49(4)86-67)47(2)60(79)45-58(77)44-57(76)42-54(73)34-26-33-53(72)41-56(75)43-55(74)40-52(71)32-25-31-50(69)29-24-30-51(70)35-27-39-68/h5-11,13-15,17-26,28-29,32,34,36,38,46-59,61,63-67,69-78,82-85H,12,16,27,30-31,33,35,37,39-45,68H2,1-4H3,(H,80,81)/t46-,47-,48-,49?,50+,51-,52+,53+,54+,55-,56-,57+,58+,59+,61-,63-,64?,65?,66?,67?/m0/s1. The Bertz CT molecular complexity index is 2250. The monoisotopic (exact) mass is 1230 g/mol. The van der Waals surface area contributed by atoms with Crippen molar-refractivity contribution in [2.45, 2.75) is 222 Å². The molecule has 0 aliphatic carbocycles. The first-order chi connectivity index (χ1) is 41.4. The molecule has 20 atom stereocenters. The molecule has 20 nitrogen and oxygen atoms in total. The molecule has 17 N–H and O–H groups in total.